The summed E-state index contributed by atoms with van der Waals surface area (Å²) in [5, 5.41) is 3.60. The summed E-state index contributed by atoms with van der Waals surface area (Å²) >= 11 is 0. The standard InChI is InChI=1S/C13H21N3/c1-16(2)10-4-9-14-12-7-6-11-5-3-8-15-13(11)12/h3,5,8,12,14H,4,6-7,9-10H2,1-2H3. The number of hydrogen-bond acceptors (Lipinski definition) is 3. The maximum atomic E-state index is 4.48. The first-order valence-corrected chi connectivity index (χ1v) is 6.09. The summed E-state index contributed by atoms with van der Waals surface area (Å²) in [4.78, 5) is 6.71. The summed E-state index contributed by atoms with van der Waals surface area (Å²) < 4.78 is 0. The number of hydrogen-bond donors (Lipinski definition) is 1. The average molecular weight is 219 g/mol. The highest BCUT2D eigenvalue weighted by molar-refractivity contribution is 5.27. The topological polar surface area (TPSA) is 28.2 Å². The highest BCUT2D eigenvalue weighted by Crippen LogP contribution is 2.28. The van der Waals surface area contributed by atoms with E-state index in [9.17, 15) is 0 Å². The van der Waals surface area contributed by atoms with Crippen molar-refractivity contribution in [3.05, 3.63) is 29.6 Å². The summed E-state index contributed by atoms with van der Waals surface area (Å²) in [7, 11) is 4.23. The van der Waals surface area contributed by atoms with Crippen LogP contribution in [0.2, 0.25) is 0 Å². The number of nitrogens with zero attached hydrogens (tertiary/aromatic N) is 2. The van der Waals surface area contributed by atoms with Crippen LogP contribution in [0.25, 0.3) is 0 Å². The molecule has 0 saturated heterocycles. The largest absolute Gasteiger partial charge is 0.309 e. The molecule has 0 radical (unpaired) electrons. The fourth-order valence-corrected chi connectivity index (χ4v) is 2.28. The van der Waals surface area contributed by atoms with E-state index in [-0.39, 0.29) is 0 Å². The monoisotopic (exact) mass is 219 g/mol. The molecule has 3 nitrogen and oxygen atoms in total. The van der Waals surface area contributed by atoms with Gasteiger partial charge in [0.15, 0.2) is 0 Å². The summed E-state index contributed by atoms with van der Waals surface area (Å²) in [6.45, 7) is 2.23. The minimum absolute atomic E-state index is 0.485. The zero-order valence-electron chi connectivity index (χ0n) is 10.2. The van der Waals surface area contributed by atoms with Gasteiger partial charge in [0.1, 0.15) is 0 Å². The molecule has 0 fully saturated rings. The predicted octanol–water partition coefficient (Wildman–Crippen LogP) is 1.61. The van der Waals surface area contributed by atoms with Crippen LogP contribution in [0, 0.1) is 0 Å². The van der Waals surface area contributed by atoms with Crippen molar-refractivity contribution in [2.75, 3.05) is 27.2 Å². The summed E-state index contributed by atoms with van der Waals surface area (Å²) in [5.41, 5.74) is 2.69. The maximum Gasteiger partial charge on any atom is 0.0605 e. The molecule has 0 saturated carbocycles. The van der Waals surface area contributed by atoms with Gasteiger partial charge in [0.2, 0.25) is 0 Å². The van der Waals surface area contributed by atoms with Crippen LogP contribution in [0.1, 0.15) is 30.1 Å². The summed E-state index contributed by atoms with van der Waals surface area (Å²) in [6.07, 6.45) is 5.48. The maximum absolute atomic E-state index is 4.48. The van der Waals surface area contributed by atoms with Crippen LogP contribution in [0.15, 0.2) is 18.3 Å². The fourth-order valence-electron chi connectivity index (χ4n) is 2.28. The number of nitrogens with one attached hydrogen (secondary N) is 1. The molecule has 1 atom stereocenters. The molecule has 0 spiro atoms. The molecular formula is C13H21N3. The lowest BCUT2D eigenvalue weighted by Crippen LogP contribution is -2.24. The van der Waals surface area contributed by atoms with E-state index in [4.69, 9.17) is 0 Å². The van der Waals surface area contributed by atoms with Crippen LogP contribution in [0.3, 0.4) is 0 Å². The highest BCUT2D eigenvalue weighted by Gasteiger charge is 2.22. The van der Waals surface area contributed by atoms with Crippen LogP contribution < -0.4 is 5.32 Å². The zero-order valence-corrected chi connectivity index (χ0v) is 10.2. The van der Waals surface area contributed by atoms with Crippen LogP contribution in [-0.4, -0.2) is 37.1 Å². The van der Waals surface area contributed by atoms with E-state index < -0.39 is 0 Å². The quantitative estimate of drug-likeness (QED) is 0.763. The Morgan fingerprint density at radius 2 is 2.38 bits per heavy atom. The molecule has 1 unspecified atom stereocenters. The second kappa shape index (κ2) is 5.41. The van der Waals surface area contributed by atoms with Crippen LogP contribution >= 0.6 is 0 Å². The van der Waals surface area contributed by atoms with Crippen LogP contribution in [-0.2, 0) is 6.42 Å². The normalized spacial score (nSPS) is 19.1. The fraction of sp³-hybridized carbons (Fsp3) is 0.615. The van der Waals surface area contributed by atoms with Gasteiger partial charge in [-0.15, -0.1) is 0 Å². The Hall–Kier alpha value is -0.930. The third kappa shape index (κ3) is 2.80. The second-order valence-corrected chi connectivity index (χ2v) is 4.75. The minimum atomic E-state index is 0.485. The van der Waals surface area contributed by atoms with Gasteiger partial charge in [0.05, 0.1) is 11.7 Å². The van der Waals surface area contributed by atoms with Crippen molar-refractivity contribution in [1.82, 2.24) is 15.2 Å². The number of rotatable bonds is 5. The van der Waals surface area contributed by atoms with Crippen molar-refractivity contribution >= 4 is 0 Å². The van der Waals surface area contributed by atoms with Gasteiger partial charge in [0, 0.05) is 6.20 Å². The number of fused-ring (bicyclic) bond motifs is 1. The van der Waals surface area contributed by atoms with E-state index in [0.29, 0.717) is 6.04 Å². The zero-order chi connectivity index (χ0) is 11.4. The molecule has 0 amide bonds. The van der Waals surface area contributed by atoms with Gasteiger partial charge in [-0.1, -0.05) is 6.07 Å². The van der Waals surface area contributed by atoms with Crippen molar-refractivity contribution in [3.8, 4) is 0 Å². The van der Waals surface area contributed by atoms with Crippen LogP contribution in [0.4, 0.5) is 0 Å². The number of pyridine rings is 1. The Kier molecular flexibility index (Phi) is 3.91. The average Bonchev–Trinajstić information content (AvgIpc) is 2.68. The molecule has 1 N–H and O–H groups in total. The van der Waals surface area contributed by atoms with E-state index in [2.05, 4.69) is 35.4 Å². The predicted molar refractivity (Wildman–Crippen MR) is 66.5 cm³/mol. The molecular weight excluding hydrogens is 198 g/mol. The Bertz CT molecular complexity index is 336. The Morgan fingerprint density at radius 1 is 1.50 bits per heavy atom. The van der Waals surface area contributed by atoms with Crippen molar-refractivity contribution in [2.45, 2.75) is 25.3 Å². The molecule has 1 aliphatic rings. The third-order valence-corrected chi connectivity index (χ3v) is 3.13. The highest BCUT2D eigenvalue weighted by atomic mass is 15.1. The molecule has 1 aromatic rings. The summed E-state index contributed by atoms with van der Waals surface area (Å²) in [6, 6.07) is 4.72. The third-order valence-electron chi connectivity index (χ3n) is 3.13. The smallest absolute Gasteiger partial charge is 0.0605 e. The molecule has 16 heavy (non-hydrogen) atoms. The van der Waals surface area contributed by atoms with E-state index in [1.807, 2.05) is 12.3 Å². The van der Waals surface area contributed by atoms with Gasteiger partial charge in [-0.3, -0.25) is 4.98 Å². The lowest BCUT2D eigenvalue weighted by molar-refractivity contribution is 0.385. The van der Waals surface area contributed by atoms with E-state index >= 15 is 0 Å². The van der Waals surface area contributed by atoms with Gasteiger partial charge < -0.3 is 10.2 Å². The van der Waals surface area contributed by atoms with Gasteiger partial charge in [-0.25, -0.2) is 0 Å². The van der Waals surface area contributed by atoms with Gasteiger partial charge >= 0.3 is 0 Å². The lowest BCUT2D eigenvalue weighted by Gasteiger charge is -2.14. The van der Waals surface area contributed by atoms with Crippen LogP contribution in [0.5, 0.6) is 0 Å². The molecule has 0 bridgehead atoms. The number of aryl methyl sites for hydroxylation is 1. The van der Waals surface area contributed by atoms with Crippen molar-refractivity contribution in [2.24, 2.45) is 0 Å². The van der Waals surface area contributed by atoms with Crippen molar-refractivity contribution in [3.63, 3.8) is 0 Å². The Balaban J connectivity index is 1.80. The molecule has 3 heteroatoms. The van der Waals surface area contributed by atoms with Gasteiger partial charge in [-0.05, 0) is 58.1 Å². The van der Waals surface area contributed by atoms with Gasteiger partial charge in [-0.2, -0.15) is 0 Å². The Morgan fingerprint density at radius 3 is 3.19 bits per heavy atom. The number of aromatic nitrogens is 1. The first-order chi connectivity index (χ1) is 7.77. The molecule has 0 aromatic carbocycles. The van der Waals surface area contributed by atoms with E-state index in [1.165, 1.54) is 30.5 Å². The lowest BCUT2D eigenvalue weighted by atomic mass is 10.2. The van der Waals surface area contributed by atoms with Gasteiger partial charge in [0.25, 0.3) is 0 Å². The molecule has 1 aromatic heterocycles. The van der Waals surface area contributed by atoms with Crippen molar-refractivity contribution in [1.29, 1.82) is 0 Å². The first kappa shape index (κ1) is 11.6. The molecule has 2 rings (SSSR count). The molecule has 0 aliphatic heterocycles. The SMILES string of the molecule is CN(C)CCCNC1CCc2cccnc21. The summed E-state index contributed by atoms with van der Waals surface area (Å²) in [5.74, 6) is 0. The molecule has 1 heterocycles. The molecule has 1 aliphatic carbocycles. The van der Waals surface area contributed by atoms with E-state index in [0.717, 1.165) is 13.1 Å². The minimum Gasteiger partial charge on any atom is -0.309 e. The molecule has 88 valence electrons. The Labute approximate surface area is 97.9 Å². The second-order valence-electron chi connectivity index (χ2n) is 4.75. The first-order valence-electron chi connectivity index (χ1n) is 6.09. The van der Waals surface area contributed by atoms with Crippen molar-refractivity contribution < 1.29 is 0 Å². The van der Waals surface area contributed by atoms with E-state index in [1.54, 1.807) is 0 Å².